The molecule has 0 saturated heterocycles. The van der Waals surface area contributed by atoms with Crippen molar-refractivity contribution < 1.29 is 28.6 Å². The zero-order chi connectivity index (χ0) is 45.8. The van der Waals surface area contributed by atoms with Crippen molar-refractivity contribution in [2.45, 2.75) is 245 Å². The molecule has 0 aliphatic heterocycles. The van der Waals surface area contributed by atoms with E-state index in [0.29, 0.717) is 19.3 Å². The van der Waals surface area contributed by atoms with Gasteiger partial charge < -0.3 is 14.2 Å². The van der Waals surface area contributed by atoms with E-state index in [1.165, 1.54) is 103 Å². The van der Waals surface area contributed by atoms with Gasteiger partial charge in [-0.25, -0.2) is 0 Å². The van der Waals surface area contributed by atoms with E-state index >= 15 is 0 Å². The van der Waals surface area contributed by atoms with Gasteiger partial charge in [-0.2, -0.15) is 0 Å². The molecule has 0 rings (SSSR count). The smallest absolute Gasteiger partial charge is 0.306 e. The van der Waals surface area contributed by atoms with Crippen molar-refractivity contribution in [1.82, 2.24) is 0 Å². The summed E-state index contributed by atoms with van der Waals surface area (Å²) in [7, 11) is 0. The van der Waals surface area contributed by atoms with Crippen LogP contribution in [-0.4, -0.2) is 37.2 Å². The molecule has 0 bridgehead atoms. The molecule has 0 N–H and O–H groups in total. The van der Waals surface area contributed by atoms with E-state index in [4.69, 9.17) is 14.2 Å². The fraction of sp³-hybridized carbons (Fsp3) is 0.702. The molecule has 0 fully saturated rings. The maximum atomic E-state index is 12.8. The van der Waals surface area contributed by atoms with Gasteiger partial charge in [0, 0.05) is 19.3 Å². The van der Waals surface area contributed by atoms with Crippen LogP contribution in [0.25, 0.3) is 0 Å². The molecule has 0 aliphatic carbocycles. The van der Waals surface area contributed by atoms with Crippen LogP contribution >= 0.6 is 0 Å². The third-order valence-corrected chi connectivity index (χ3v) is 11.0. The average molecular weight is 877 g/mol. The molecule has 1 atom stereocenters. The van der Waals surface area contributed by atoms with Crippen LogP contribution in [-0.2, 0) is 28.6 Å². The molecular weight excluding hydrogens is 781 g/mol. The van der Waals surface area contributed by atoms with Crippen molar-refractivity contribution in [1.29, 1.82) is 0 Å². The first-order chi connectivity index (χ1) is 31.0. The number of carbonyl (C=O) groups excluding carboxylic acids is 3. The van der Waals surface area contributed by atoms with E-state index in [2.05, 4.69) is 106 Å². The first-order valence-corrected chi connectivity index (χ1v) is 26.2. The van der Waals surface area contributed by atoms with E-state index in [9.17, 15) is 14.4 Å². The van der Waals surface area contributed by atoms with Gasteiger partial charge in [-0.05, 0) is 83.5 Å². The Morgan fingerprint density at radius 3 is 1.00 bits per heavy atom. The Labute approximate surface area is 388 Å². The molecule has 0 heterocycles. The summed E-state index contributed by atoms with van der Waals surface area (Å²) >= 11 is 0. The molecule has 0 aliphatic rings. The van der Waals surface area contributed by atoms with Crippen LogP contribution in [0.2, 0.25) is 0 Å². The third kappa shape index (κ3) is 49.5. The van der Waals surface area contributed by atoms with Crippen LogP contribution < -0.4 is 0 Å². The number of allylic oxidation sites excluding steroid dienone is 14. The number of unbranched alkanes of at least 4 members (excludes halogenated alkanes) is 25. The quantitative estimate of drug-likeness (QED) is 0.0199. The Hall–Kier alpha value is -3.41. The first kappa shape index (κ1) is 59.6. The van der Waals surface area contributed by atoms with Gasteiger partial charge in [0.05, 0.1) is 0 Å². The van der Waals surface area contributed by atoms with Crippen molar-refractivity contribution in [3.05, 3.63) is 85.1 Å². The van der Waals surface area contributed by atoms with Crippen LogP contribution in [0.5, 0.6) is 0 Å². The van der Waals surface area contributed by atoms with Gasteiger partial charge in [-0.15, -0.1) is 0 Å². The minimum absolute atomic E-state index is 0.0910. The summed E-state index contributed by atoms with van der Waals surface area (Å²) in [6.45, 7) is 6.34. The van der Waals surface area contributed by atoms with Crippen molar-refractivity contribution in [3.63, 3.8) is 0 Å². The summed E-state index contributed by atoms with van der Waals surface area (Å²) in [6.07, 6.45) is 65.6. The number of esters is 3. The Morgan fingerprint density at radius 1 is 0.333 bits per heavy atom. The molecule has 63 heavy (non-hydrogen) atoms. The highest BCUT2D eigenvalue weighted by atomic mass is 16.6. The molecule has 0 aromatic rings. The van der Waals surface area contributed by atoms with Gasteiger partial charge in [0.25, 0.3) is 0 Å². The minimum atomic E-state index is -0.793. The van der Waals surface area contributed by atoms with Gasteiger partial charge in [0.2, 0.25) is 0 Å². The van der Waals surface area contributed by atoms with Crippen molar-refractivity contribution in [2.75, 3.05) is 13.2 Å². The molecule has 0 spiro atoms. The van der Waals surface area contributed by atoms with Gasteiger partial charge >= 0.3 is 17.9 Å². The monoisotopic (exact) mass is 877 g/mol. The first-order valence-electron chi connectivity index (χ1n) is 26.2. The summed E-state index contributed by atoms with van der Waals surface area (Å²) in [4.78, 5) is 38.0. The Morgan fingerprint density at radius 2 is 0.635 bits per heavy atom. The standard InChI is InChI=1S/C57H96O6/c1-4-7-10-13-16-19-22-25-27-28-30-32-35-38-41-44-47-50-56(59)62-53-54(52-61-55(58)49-46-43-40-37-34-31-24-21-18-15-12-9-6-3)63-57(60)51-48-45-42-39-36-33-29-26-23-20-17-14-11-8-5-2/h8-9,11-12,14-15,17-18,20-21,23-25,27,54H,4-7,10,13,16,19,22,26,28-53H2,1-3H3/b11-8+,12-9+,17-14+,18-15+,23-20+,24-21+,27-25+. The second kappa shape index (κ2) is 51.2. The van der Waals surface area contributed by atoms with E-state index in [0.717, 1.165) is 96.3 Å². The average Bonchev–Trinajstić information content (AvgIpc) is 3.28. The maximum absolute atomic E-state index is 12.8. The Balaban J connectivity index is 4.42. The maximum Gasteiger partial charge on any atom is 0.306 e. The van der Waals surface area contributed by atoms with Crippen LogP contribution in [0.3, 0.4) is 0 Å². The largest absolute Gasteiger partial charge is 0.462 e. The van der Waals surface area contributed by atoms with Crippen molar-refractivity contribution in [3.8, 4) is 0 Å². The van der Waals surface area contributed by atoms with Crippen LogP contribution in [0.15, 0.2) is 85.1 Å². The van der Waals surface area contributed by atoms with Gasteiger partial charge in [0.1, 0.15) is 13.2 Å². The Bertz CT molecular complexity index is 1240. The molecule has 0 amide bonds. The van der Waals surface area contributed by atoms with E-state index < -0.39 is 6.10 Å². The van der Waals surface area contributed by atoms with E-state index in [-0.39, 0.29) is 31.1 Å². The molecule has 6 heteroatoms. The number of carbonyl (C=O) groups is 3. The van der Waals surface area contributed by atoms with Gasteiger partial charge in [0.15, 0.2) is 6.10 Å². The predicted octanol–water partition coefficient (Wildman–Crippen LogP) is 17.2. The number of hydrogen-bond acceptors (Lipinski definition) is 6. The van der Waals surface area contributed by atoms with E-state index in [1.54, 1.807) is 0 Å². The zero-order valence-corrected chi connectivity index (χ0v) is 41.1. The van der Waals surface area contributed by atoms with Gasteiger partial charge in [-0.3, -0.25) is 14.4 Å². The molecule has 1 unspecified atom stereocenters. The SMILES string of the molecule is CC/C=C/C=C/C=C/CCCCCCCCCC(=O)OC(COC(=O)CCCCCCC/C=C/C=C/C=C/CC)COC(=O)CCCCCCCCC/C=C/CCCCCCCC. The fourth-order valence-electron chi connectivity index (χ4n) is 7.08. The lowest BCUT2D eigenvalue weighted by atomic mass is 10.1. The lowest BCUT2D eigenvalue weighted by Crippen LogP contribution is -2.30. The highest BCUT2D eigenvalue weighted by Gasteiger charge is 2.19. The van der Waals surface area contributed by atoms with Crippen LogP contribution in [0.4, 0.5) is 0 Å². The number of ether oxygens (including phenoxy) is 3. The topological polar surface area (TPSA) is 78.9 Å². The molecule has 0 radical (unpaired) electrons. The van der Waals surface area contributed by atoms with Gasteiger partial charge in [-0.1, -0.05) is 221 Å². The van der Waals surface area contributed by atoms with Crippen molar-refractivity contribution in [2.24, 2.45) is 0 Å². The molecule has 0 saturated carbocycles. The lowest BCUT2D eigenvalue weighted by Gasteiger charge is -2.18. The Kier molecular flexibility index (Phi) is 48.5. The number of hydrogen-bond donors (Lipinski definition) is 0. The summed E-state index contributed by atoms with van der Waals surface area (Å²) < 4.78 is 16.8. The highest BCUT2D eigenvalue weighted by Crippen LogP contribution is 2.14. The molecule has 360 valence electrons. The zero-order valence-electron chi connectivity index (χ0n) is 41.1. The second-order valence-corrected chi connectivity index (χ2v) is 17.1. The van der Waals surface area contributed by atoms with Crippen molar-refractivity contribution >= 4 is 17.9 Å². The summed E-state index contributed by atoms with van der Waals surface area (Å²) in [5, 5.41) is 0. The van der Waals surface area contributed by atoms with Crippen LogP contribution in [0, 0.1) is 0 Å². The second-order valence-electron chi connectivity index (χ2n) is 17.1. The molecular formula is C57H96O6. The molecule has 0 aromatic carbocycles. The molecule has 0 aromatic heterocycles. The third-order valence-electron chi connectivity index (χ3n) is 11.0. The minimum Gasteiger partial charge on any atom is -0.462 e. The van der Waals surface area contributed by atoms with E-state index in [1.807, 2.05) is 0 Å². The molecule has 6 nitrogen and oxygen atoms in total. The normalized spacial score (nSPS) is 12.7. The van der Waals surface area contributed by atoms with Crippen LogP contribution in [0.1, 0.15) is 239 Å². The predicted molar refractivity (Wildman–Crippen MR) is 270 cm³/mol. The highest BCUT2D eigenvalue weighted by molar-refractivity contribution is 5.71. The fourth-order valence-corrected chi connectivity index (χ4v) is 7.08. The lowest BCUT2D eigenvalue weighted by molar-refractivity contribution is -0.167. The summed E-state index contributed by atoms with van der Waals surface area (Å²) in [5.41, 5.74) is 0. The summed E-state index contributed by atoms with van der Waals surface area (Å²) in [6, 6.07) is 0. The summed E-state index contributed by atoms with van der Waals surface area (Å²) in [5.74, 6) is -0.928. The number of rotatable bonds is 46.